The maximum absolute atomic E-state index is 7.45. The molecule has 1 aromatic carbocycles. The van der Waals surface area contributed by atoms with E-state index in [-0.39, 0.29) is 0 Å². The number of likely N-dealkylation sites (N-methyl/N-ethyl adjacent to an activating group) is 1. The van der Waals surface area contributed by atoms with Crippen molar-refractivity contribution in [1.29, 1.82) is 5.41 Å². The van der Waals surface area contributed by atoms with E-state index in [0.29, 0.717) is 5.96 Å². The number of rotatable bonds is 8. The van der Waals surface area contributed by atoms with Crippen LogP contribution in [0.1, 0.15) is 10.6 Å². The van der Waals surface area contributed by atoms with Gasteiger partial charge >= 0.3 is 0 Å². The fourth-order valence-electron chi connectivity index (χ4n) is 2.08. The topological polar surface area (TPSA) is 64.0 Å². The molecule has 23 heavy (non-hydrogen) atoms. The average molecular weight is 352 g/mol. The Hall–Kier alpha value is -1.31. The van der Waals surface area contributed by atoms with Crippen molar-refractivity contribution in [2.24, 2.45) is 0 Å². The van der Waals surface area contributed by atoms with Gasteiger partial charge in [0.2, 0.25) is 0 Å². The van der Waals surface area contributed by atoms with Gasteiger partial charge in [0.25, 0.3) is 0 Å². The zero-order valence-corrected chi connectivity index (χ0v) is 15.6. The highest BCUT2D eigenvalue weighted by Crippen LogP contribution is 2.26. The van der Waals surface area contributed by atoms with Crippen LogP contribution in [0, 0.1) is 5.41 Å². The normalized spacial score (nSPS) is 11.1. The van der Waals surface area contributed by atoms with Crippen LogP contribution in [0.15, 0.2) is 18.2 Å². The molecule has 0 saturated heterocycles. The molecule has 0 radical (unpaired) electrons. The quantitative estimate of drug-likeness (QED) is 0.387. The first-order valence-corrected chi connectivity index (χ1v) is 9.66. The largest absolute Gasteiger partial charge is 0.360 e. The van der Waals surface area contributed by atoms with Gasteiger partial charge in [-0.1, -0.05) is 6.07 Å². The van der Waals surface area contributed by atoms with Crippen LogP contribution in [0.2, 0.25) is 0 Å². The van der Waals surface area contributed by atoms with Crippen LogP contribution in [-0.2, 0) is 12.2 Å². The van der Waals surface area contributed by atoms with Gasteiger partial charge in [-0.05, 0) is 38.2 Å². The second kappa shape index (κ2) is 9.10. The number of benzene rings is 1. The predicted molar refractivity (Wildman–Crippen MR) is 103 cm³/mol. The number of fused-ring (bicyclic) bond motifs is 1. The van der Waals surface area contributed by atoms with Crippen molar-refractivity contribution < 1.29 is 0 Å². The SMILES string of the molecule is CNC(=N)NCCSCc1nc2ccc(CCN(C)C)cc2s1. The van der Waals surface area contributed by atoms with Crippen molar-refractivity contribution in [3.63, 3.8) is 0 Å². The third-order valence-corrected chi connectivity index (χ3v) is 5.54. The lowest BCUT2D eigenvalue weighted by molar-refractivity contribution is 0.414. The van der Waals surface area contributed by atoms with E-state index in [4.69, 9.17) is 10.4 Å². The van der Waals surface area contributed by atoms with Gasteiger partial charge in [0, 0.05) is 31.6 Å². The van der Waals surface area contributed by atoms with E-state index in [2.05, 4.69) is 47.8 Å². The molecule has 0 atom stereocenters. The first kappa shape index (κ1) is 18.0. The first-order chi connectivity index (χ1) is 11.1. The van der Waals surface area contributed by atoms with E-state index < -0.39 is 0 Å². The Balaban J connectivity index is 1.84. The molecule has 1 aromatic heterocycles. The number of guanidine groups is 1. The number of thioether (sulfide) groups is 1. The number of hydrogen-bond acceptors (Lipinski definition) is 5. The molecule has 0 unspecified atom stereocenters. The van der Waals surface area contributed by atoms with E-state index in [9.17, 15) is 0 Å². The van der Waals surface area contributed by atoms with Crippen LogP contribution in [0.25, 0.3) is 10.2 Å². The summed E-state index contributed by atoms with van der Waals surface area (Å²) < 4.78 is 1.28. The van der Waals surface area contributed by atoms with Crippen LogP contribution < -0.4 is 10.6 Å². The Labute approximate surface area is 146 Å². The number of aromatic nitrogens is 1. The van der Waals surface area contributed by atoms with Crippen LogP contribution in [0.5, 0.6) is 0 Å². The Morgan fingerprint density at radius 3 is 2.96 bits per heavy atom. The van der Waals surface area contributed by atoms with Gasteiger partial charge in [0.1, 0.15) is 5.01 Å². The summed E-state index contributed by atoms with van der Waals surface area (Å²) in [7, 11) is 5.96. The van der Waals surface area contributed by atoms with Crippen molar-refractivity contribution >= 4 is 39.3 Å². The molecule has 0 aliphatic rings. The van der Waals surface area contributed by atoms with Crippen molar-refractivity contribution in [3.8, 4) is 0 Å². The number of nitrogens with one attached hydrogen (secondary N) is 3. The highest BCUT2D eigenvalue weighted by molar-refractivity contribution is 7.98. The smallest absolute Gasteiger partial charge is 0.188 e. The summed E-state index contributed by atoms with van der Waals surface area (Å²) in [6.07, 6.45) is 1.08. The van der Waals surface area contributed by atoms with Crippen LogP contribution >= 0.6 is 23.1 Å². The highest BCUT2D eigenvalue weighted by Gasteiger charge is 2.05. The van der Waals surface area contributed by atoms with Gasteiger partial charge in [-0.2, -0.15) is 11.8 Å². The zero-order valence-electron chi connectivity index (χ0n) is 14.0. The van der Waals surface area contributed by atoms with Gasteiger partial charge in [-0.25, -0.2) is 4.98 Å². The lowest BCUT2D eigenvalue weighted by Crippen LogP contribution is -2.34. The first-order valence-electron chi connectivity index (χ1n) is 7.69. The monoisotopic (exact) mass is 351 g/mol. The lowest BCUT2D eigenvalue weighted by atomic mass is 10.1. The standard InChI is InChI=1S/C16H25N5S2/c1-18-16(17)19-7-9-22-11-15-20-13-5-4-12(6-8-21(2)3)10-14(13)23-15/h4-5,10H,6-9,11H2,1-3H3,(H3,17,18,19). The molecule has 0 saturated carbocycles. The molecule has 0 aliphatic heterocycles. The third kappa shape index (κ3) is 6.01. The molecular formula is C16H25N5S2. The summed E-state index contributed by atoms with van der Waals surface area (Å²) in [5, 5.41) is 14.4. The molecule has 2 rings (SSSR count). The Morgan fingerprint density at radius 2 is 2.22 bits per heavy atom. The van der Waals surface area contributed by atoms with Crippen molar-refractivity contribution in [3.05, 3.63) is 28.8 Å². The summed E-state index contributed by atoms with van der Waals surface area (Å²) in [5.41, 5.74) is 2.48. The summed E-state index contributed by atoms with van der Waals surface area (Å²) in [4.78, 5) is 6.92. The average Bonchev–Trinajstić information content (AvgIpc) is 2.94. The van der Waals surface area contributed by atoms with E-state index in [1.54, 1.807) is 18.4 Å². The van der Waals surface area contributed by atoms with Crippen molar-refractivity contribution in [1.82, 2.24) is 20.5 Å². The van der Waals surface area contributed by atoms with Gasteiger partial charge in [-0.15, -0.1) is 11.3 Å². The van der Waals surface area contributed by atoms with E-state index in [1.807, 2.05) is 11.8 Å². The Morgan fingerprint density at radius 1 is 1.39 bits per heavy atom. The summed E-state index contributed by atoms with van der Waals surface area (Å²) in [6.45, 7) is 1.87. The Kier molecular flexibility index (Phi) is 7.14. The van der Waals surface area contributed by atoms with Crippen LogP contribution in [0.4, 0.5) is 0 Å². The summed E-state index contributed by atoms with van der Waals surface area (Å²) in [6, 6.07) is 6.61. The fraction of sp³-hybridized carbons (Fsp3) is 0.500. The van der Waals surface area contributed by atoms with E-state index in [0.717, 1.165) is 36.5 Å². The van der Waals surface area contributed by atoms with E-state index >= 15 is 0 Å². The van der Waals surface area contributed by atoms with Crippen LogP contribution in [-0.4, -0.2) is 55.8 Å². The summed E-state index contributed by atoms with van der Waals surface area (Å²) in [5.74, 6) is 2.27. The molecule has 0 spiro atoms. The molecule has 0 aliphatic carbocycles. The van der Waals surface area contributed by atoms with E-state index in [1.165, 1.54) is 15.3 Å². The fourth-order valence-corrected chi connectivity index (χ4v) is 4.02. The molecule has 1 heterocycles. The van der Waals surface area contributed by atoms with Gasteiger partial charge in [0.15, 0.2) is 5.96 Å². The summed E-state index contributed by atoms with van der Waals surface area (Å²) >= 11 is 3.64. The molecular weight excluding hydrogens is 326 g/mol. The van der Waals surface area contributed by atoms with Gasteiger partial charge in [-0.3, -0.25) is 5.41 Å². The lowest BCUT2D eigenvalue weighted by Gasteiger charge is -2.08. The van der Waals surface area contributed by atoms with Crippen LogP contribution in [0.3, 0.4) is 0 Å². The van der Waals surface area contributed by atoms with Crippen molar-refractivity contribution in [2.45, 2.75) is 12.2 Å². The second-order valence-electron chi connectivity index (χ2n) is 5.57. The second-order valence-corrected chi connectivity index (χ2v) is 7.79. The molecule has 7 heteroatoms. The minimum absolute atomic E-state index is 0.371. The maximum Gasteiger partial charge on any atom is 0.188 e. The minimum Gasteiger partial charge on any atom is -0.360 e. The molecule has 2 aromatic rings. The number of thiazole rings is 1. The molecule has 3 N–H and O–H groups in total. The molecule has 5 nitrogen and oxygen atoms in total. The predicted octanol–water partition coefficient (Wildman–Crippen LogP) is 2.38. The third-order valence-electron chi connectivity index (χ3n) is 3.37. The number of nitrogens with zero attached hydrogens (tertiary/aromatic N) is 2. The number of hydrogen-bond donors (Lipinski definition) is 3. The molecule has 126 valence electrons. The highest BCUT2D eigenvalue weighted by atomic mass is 32.2. The van der Waals surface area contributed by atoms with Crippen molar-refractivity contribution in [2.75, 3.05) is 40.0 Å². The zero-order chi connectivity index (χ0) is 16.7. The molecule has 0 bridgehead atoms. The minimum atomic E-state index is 0.371. The van der Waals surface area contributed by atoms with Gasteiger partial charge < -0.3 is 15.5 Å². The van der Waals surface area contributed by atoms with Gasteiger partial charge in [0.05, 0.1) is 10.2 Å². The molecule has 0 fully saturated rings. The molecule has 0 amide bonds. The Bertz CT molecular complexity index is 638. The maximum atomic E-state index is 7.45.